The molecular formula is C14H24N2O4. The summed E-state index contributed by atoms with van der Waals surface area (Å²) in [6.07, 6.45) is 2.00. The molecule has 3 N–H and O–H groups in total. The normalized spacial score (nSPS) is 26.9. The van der Waals surface area contributed by atoms with E-state index in [1.54, 1.807) is 13.8 Å². The number of carboxylic acid groups (broad SMARTS) is 1. The zero-order valence-corrected chi connectivity index (χ0v) is 12.3. The number of nitrogens with one attached hydrogen (secondary N) is 2. The van der Waals surface area contributed by atoms with E-state index >= 15 is 0 Å². The summed E-state index contributed by atoms with van der Waals surface area (Å²) < 4.78 is 0. The van der Waals surface area contributed by atoms with E-state index in [0.717, 1.165) is 6.42 Å². The van der Waals surface area contributed by atoms with E-state index in [0.29, 0.717) is 19.4 Å². The highest BCUT2D eigenvalue weighted by atomic mass is 16.4. The van der Waals surface area contributed by atoms with Crippen molar-refractivity contribution in [3.05, 3.63) is 0 Å². The van der Waals surface area contributed by atoms with Crippen LogP contribution >= 0.6 is 0 Å². The summed E-state index contributed by atoms with van der Waals surface area (Å²) in [6, 6.07) is -0.641. The van der Waals surface area contributed by atoms with Gasteiger partial charge in [0.05, 0.1) is 11.8 Å². The molecule has 0 aromatic carbocycles. The van der Waals surface area contributed by atoms with Crippen LogP contribution in [0.25, 0.3) is 0 Å². The summed E-state index contributed by atoms with van der Waals surface area (Å²) in [4.78, 5) is 35.0. The van der Waals surface area contributed by atoms with Crippen LogP contribution in [0.1, 0.15) is 40.0 Å². The van der Waals surface area contributed by atoms with Crippen molar-refractivity contribution in [2.24, 2.45) is 17.8 Å². The van der Waals surface area contributed by atoms with Gasteiger partial charge >= 0.3 is 5.97 Å². The molecule has 1 aliphatic rings. The van der Waals surface area contributed by atoms with Crippen molar-refractivity contribution in [3.8, 4) is 0 Å². The number of carbonyl (C=O) groups is 3. The van der Waals surface area contributed by atoms with Crippen molar-refractivity contribution >= 4 is 17.8 Å². The molecule has 6 heteroatoms. The number of hydrogen-bond acceptors (Lipinski definition) is 3. The minimum absolute atomic E-state index is 0.252. The predicted molar refractivity (Wildman–Crippen MR) is 73.9 cm³/mol. The van der Waals surface area contributed by atoms with E-state index < -0.39 is 23.8 Å². The molecule has 0 radical (unpaired) electrons. The standard InChI is InChI=1S/C14H24N2O4/c1-4-9-6-10(11(7-9)14(19)20)13(18)16-8(3)12(17)15-5-2/h8-11H,4-7H2,1-3H3,(H,15,17)(H,16,18)(H,19,20). The third-order valence-corrected chi connectivity index (χ3v) is 3.99. The molecule has 1 fully saturated rings. The minimum atomic E-state index is -0.924. The Labute approximate surface area is 119 Å². The maximum absolute atomic E-state index is 12.2. The average molecular weight is 284 g/mol. The lowest BCUT2D eigenvalue weighted by atomic mass is 9.95. The summed E-state index contributed by atoms with van der Waals surface area (Å²) >= 11 is 0. The Kier molecular flexibility index (Phi) is 5.98. The van der Waals surface area contributed by atoms with Gasteiger partial charge in [0.15, 0.2) is 0 Å². The van der Waals surface area contributed by atoms with E-state index in [1.165, 1.54) is 0 Å². The molecule has 2 amide bonds. The molecule has 0 heterocycles. The van der Waals surface area contributed by atoms with Gasteiger partial charge in [-0.25, -0.2) is 0 Å². The number of hydrogen-bond donors (Lipinski definition) is 3. The Morgan fingerprint density at radius 2 is 1.80 bits per heavy atom. The maximum atomic E-state index is 12.2. The number of rotatable bonds is 6. The Balaban J connectivity index is 2.65. The fourth-order valence-corrected chi connectivity index (χ4v) is 2.75. The molecule has 6 nitrogen and oxygen atoms in total. The molecule has 1 saturated carbocycles. The van der Waals surface area contributed by atoms with Crippen LogP contribution in [0.3, 0.4) is 0 Å². The van der Waals surface area contributed by atoms with Crippen LogP contribution in [0.2, 0.25) is 0 Å². The predicted octanol–water partition coefficient (Wildman–Crippen LogP) is 0.764. The molecule has 1 rings (SSSR count). The SMILES string of the molecule is CCNC(=O)C(C)NC(=O)C1CC(CC)CC1C(=O)O. The summed E-state index contributed by atoms with van der Waals surface area (Å²) in [7, 11) is 0. The minimum Gasteiger partial charge on any atom is -0.481 e. The highest BCUT2D eigenvalue weighted by Crippen LogP contribution is 2.38. The molecule has 1 aliphatic carbocycles. The van der Waals surface area contributed by atoms with Crippen molar-refractivity contribution in [3.63, 3.8) is 0 Å². The first-order valence-electron chi connectivity index (χ1n) is 7.21. The van der Waals surface area contributed by atoms with Crippen molar-refractivity contribution in [1.29, 1.82) is 0 Å². The van der Waals surface area contributed by atoms with Gasteiger partial charge in [-0.05, 0) is 32.6 Å². The monoisotopic (exact) mass is 284 g/mol. The van der Waals surface area contributed by atoms with Gasteiger partial charge in [0.1, 0.15) is 6.04 Å². The van der Waals surface area contributed by atoms with Crippen molar-refractivity contribution < 1.29 is 19.5 Å². The smallest absolute Gasteiger partial charge is 0.307 e. The summed E-state index contributed by atoms with van der Waals surface area (Å²) in [5.41, 5.74) is 0. The number of carboxylic acids is 1. The summed E-state index contributed by atoms with van der Waals surface area (Å²) in [5, 5.41) is 14.5. The Bertz CT molecular complexity index is 383. The third kappa shape index (κ3) is 3.95. The first kappa shape index (κ1) is 16.5. The fraction of sp³-hybridized carbons (Fsp3) is 0.786. The zero-order valence-electron chi connectivity index (χ0n) is 12.3. The number of carbonyl (C=O) groups excluding carboxylic acids is 2. The topological polar surface area (TPSA) is 95.5 Å². The molecule has 4 atom stereocenters. The van der Waals surface area contributed by atoms with Crippen LogP contribution in [-0.2, 0) is 14.4 Å². The second kappa shape index (κ2) is 7.26. The molecule has 0 aromatic heterocycles. The largest absolute Gasteiger partial charge is 0.481 e. The maximum Gasteiger partial charge on any atom is 0.307 e. The molecule has 0 aliphatic heterocycles. The zero-order chi connectivity index (χ0) is 15.3. The average Bonchev–Trinajstić information content (AvgIpc) is 2.83. The van der Waals surface area contributed by atoms with Gasteiger partial charge in [-0.2, -0.15) is 0 Å². The van der Waals surface area contributed by atoms with Gasteiger partial charge in [0, 0.05) is 6.54 Å². The Morgan fingerprint density at radius 3 is 2.30 bits per heavy atom. The van der Waals surface area contributed by atoms with Gasteiger partial charge < -0.3 is 15.7 Å². The van der Waals surface area contributed by atoms with Crippen LogP contribution in [0.15, 0.2) is 0 Å². The van der Waals surface area contributed by atoms with E-state index in [9.17, 15) is 19.5 Å². The second-order valence-corrected chi connectivity index (χ2v) is 5.42. The molecule has 0 bridgehead atoms. The van der Waals surface area contributed by atoms with Crippen LogP contribution in [-0.4, -0.2) is 35.5 Å². The van der Waals surface area contributed by atoms with Gasteiger partial charge in [-0.1, -0.05) is 13.3 Å². The van der Waals surface area contributed by atoms with E-state index in [-0.39, 0.29) is 17.7 Å². The first-order chi connectivity index (χ1) is 9.40. The highest BCUT2D eigenvalue weighted by Gasteiger charge is 2.42. The quantitative estimate of drug-likeness (QED) is 0.671. The lowest BCUT2D eigenvalue weighted by Crippen LogP contribution is -2.47. The van der Waals surface area contributed by atoms with Crippen LogP contribution in [0.4, 0.5) is 0 Å². The molecule has 4 unspecified atom stereocenters. The van der Waals surface area contributed by atoms with E-state index in [4.69, 9.17) is 0 Å². The fourth-order valence-electron chi connectivity index (χ4n) is 2.75. The lowest BCUT2D eigenvalue weighted by molar-refractivity contribution is -0.146. The highest BCUT2D eigenvalue weighted by molar-refractivity contribution is 5.90. The Morgan fingerprint density at radius 1 is 1.20 bits per heavy atom. The van der Waals surface area contributed by atoms with Crippen molar-refractivity contribution in [2.45, 2.75) is 46.1 Å². The van der Waals surface area contributed by atoms with Gasteiger partial charge in [-0.15, -0.1) is 0 Å². The second-order valence-electron chi connectivity index (χ2n) is 5.42. The van der Waals surface area contributed by atoms with Crippen molar-refractivity contribution in [2.75, 3.05) is 6.54 Å². The summed E-state index contributed by atoms with van der Waals surface area (Å²) in [6.45, 7) is 5.90. The molecule has 0 saturated heterocycles. The lowest BCUT2D eigenvalue weighted by Gasteiger charge is -2.19. The van der Waals surface area contributed by atoms with E-state index in [2.05, 4.69) is 10.6 Å². The molecule has 20 heavy (non-hydrogen) atoms. The van der Waals surface area contributed by atoms with Crippen molar-refractivity contribution in [1.82, 2.24) is 10.6 Å². The molecule has 0 spiro atoms. The number of likely N-dealkylation sites (N-methyl/N-ethyl adjacent to an activating group) is 1. The Hall–Kier alpha value is -1.59. The van der Waals surface area contributed by atoms with Gasteiger partial charge in [0.2, 0.25) is 11.8 Å². The van der Waals surface area contributed by atoms with Gasteiger partial charge in [-0.3, -0.25) is 14.4 Å². The van der Waals surface area contributed by atoms with Gasteiger partial charge in [0.25, 0.3) is 0 Å². The molecule has 114 valence electrons. The number of amides is 2. The summed E-state index contributed by atoms with van der Waals surface area (Å²) in [5.74, 6) is -2.40. The molecular weight excluding hydrogens is 260 g/mol. The molecule has 0 aromatic rings. The van der Waals surface area contributed by atoms with Crippen LogP contribution in [0, 0.1) is 17.8 Å². The number of aliphatic carboxylic acids is 1. The third-order valence-electron chi connectivity index (χ3n) is 3.99. The first-order valence-corrected chi connectivity index (χ1v) is 7.21. The van der Waals surface area contributed by atoms with Crippen LogP contribution in [0.5, 0.6) is 0 Å². The van der Waals surface area contributed by atoms with E-state index in [1.807, 2.05) is 6.92 Å². The van der Waals surface area contributed by atoms with Crippen LogP contribution < -0.4 is 10.6 Å².